The van der Waals surface area contributed by atoms with E-state index < -0.39 is 5.97 Å². The van der Waals surface area contributed by atoms with E-state index >= 15 is 0 Å². The Kier molecular flexibility index (Phi) is 5.75. The average molecular weight is 401 g/mol. The summed E-state index contributed by atoms with van der Waals surface area (Å²) in [5.74, 6) is -0.834. The lowest BCUT2D eigenvalue weighted by Crippen LogP contribution is -2.30. The van der Waals surface area contributed by atoms with Gasteiger partial charge in [0.05, 0.1) is 11.4 Å². The molecule has 0 aliphatic heterocycles. The number of para-hydroxylation sites is 1. The van der Waals surface area contributed by atoms with Crippen LogP contribution in [0.3, 0.4) is 0 Å². The minimum absolute atomic E-state index is 0.243. The van der Waals surface area contributed by atoms with Crippen molar-refractivity contribution in [1.29, 1.82) is 0 Å². The molecule has 0 spiro atoms. The maximum Gasteiger partial charge on any atom is 0.331 e. The Labute approximate surface area is 175 Å². The molecule has 0 bridgehead atoms. The van der Waals surface area contributed by atoms with Gasteiger partial charge >= 0.3 is 5.97 Å². The van der Waals surface area contributed by atoms with Crippen molar-refractivity contribution in [3.8, 4) is 16.9 Å². The van der Waals surface area contributed by atoms with E-state index in [1.807, 2.05) is 67.7 Å². The van der Waals surface area contributed by atoms with E-state index in [-0.39, 0.29) is 18.6 Å². The van der Waals surface area contributed by atoms with E-state index in [2.05, 4.69) is 5.32 Å². The topological polar surface area (TPSA) is 73.2 Å². The summed E-state index contributed by atoms with van der Waals surface area (Å²) in [6.45, 7) is 1.76. The Bertz CT molecular complexity index is 1060. The van der Waals surface area contributed by atoms with E-state index in [9.17, 15) is 9.59 Å². The van der Waals surface area contributed by atoms with Crippen LogP contribution in [0.1, 0.15) is 24.0 Å². The van der Waals surface area contributed by atoms with Gasteiger partial charge in [0.2, 0.25) is 0 Å². The fraction of sp³-hybridized carbons (Fsp3) is 0.208. The van der Waals surface area contributed by atoms with Gasteiger partial charge < -0.3 is 10.1 Å². The number of amides is 1. The Hall–Kier alpha value is -3.67. The van der Waals surface area contributed by atoms with Crippen molar-refractivity contribution in [2.75, 3.05) is 6.61 Å². The van der Waals surface area contributed by atoms with E-state index in [0.29, 0.717) is 0 Å². The molecule has 1 aromatic heterocycles. The van der Waals surface area contributed by atoms with Crippen molar-refractivity contribution < 1.29 is 14.3 Å². The van der Waals surface area contributed by atoms with Gasteiger partial charge in [0.15, 0.2) is 6.61 Å². The van der Waals surface area contributed by atoms with Crippen LogP contribution in [0.2, 0.25) is 0 Å². The highest BCUT2D eigenvalue weighted by atomic mass is 16.5. The molecule has 6 nitrogen and oxygen atoms in total. The zero-order chi connectivity index (χ0) is 20.9. The maximum atomic E-state index is 12.1. The third-order valence-electron chi connectivity index (χ3n) is 4.78. The standard InChI is InChI=1S/C24H23N3O3/c1-17-7-9-18(10-8-17)24-19(15-27(26-24)21-5-3-2-4-6-21)11-14-23(29)30-16-22(28)25-20-12-13-20/h2-11,14-15,20H,12-13,16H2,1H3,(H,25,28)/b14-11+. The molecule has 4 rings (SSSR count). The normalized spacial score (nSPS) is 13.4. The zero-order valence-electron chi connectivity index (χ0n) is 16.7. The highest BCUT2D eigenvalue weighted by Gasteiger charge is 2.23. The van der Waals surface area contributed by atoms with Gasteiger partial charge in [-0.05, 0) is 38.0 Å². The van der Waals surface area contributed by atoms with Crippen molar-refractivity contribution in [3.05, 3.63) is 78.0 Å². The summed E-state index contributed by atoms with van der Waals surface area (Å²) < 4.78 is 6.82. The van der Waals surface area contributed by atoms with Gasteiger partial charge in [0.25, 0.3) is 5.91 Å². The lowest BCUT2D eigenvalue weighted by molar-refractivity contribution is -0.143. The summed E-state index contributed by atoms with van der Waals surface area (Å²) in [4.78, 5) is 23.7. The number of aryl methyl sites for hydroxylation is 1. The largest absolute Gasteiger partial charge is 0.452 e. The van der Waals surface area contributed by atoms with Crippen LogP contribution < -0.4 is 5.32 Å². The molecule has 0 unspecified atom stereocenters. The third-order valence-corrected chi connectivity index (χ3v) is 4.78. The highest BCUT2D eigenvalue weighted by molar-refractivity contribution is 5.90. The van der Waals surface area contributed by atoms with Crippen molar-refractivity contribution in [3.63, 3.8) is 0 Å². The van der Waals surface area contributed by atoms with Crippen molar-refractivity contribution >= 4 is 18.0 Å². The number of esters is 1. The molecule has 1 fully saturated rings. The Morgan fingerprint density at radius 2 is 1.87 bits per heavy atom. The minimum Gasteiger partial charge on any atom is -0.452 e. The molecule has 0 atom stereocenters. The lowest BCUT2D eigenvalue weighted by atomic mass is 10.1. The molecular formula is C24H23N3O3. The molecule has 0 radical (unpaired) electrons. The first-order chi connectivity index (χ1) is 14.6. The summed E-state index contributed by atoms with van der Waals surface area (Å²) in [6.07, 6.45) is 6.85. The van der Waals surface area contributed by atoms with Crippen molar-refractivity contribution in [1.82, 2.24) is 15.1 Å². The van der Waals surface area contributed by atoms with Gasteiger partial charge in [0, 0.05) is 29.4 Å². The maximum absolute atomic E-state index is 12.1. The molecule has 6 heteroatoms. The predicted octanol–water partition coefficient (Wildman–Crippen LogP) is 3.68. The lowest BCUT2D eigenvalue weighted by Gasteiger charge is -2.03. The molecule has 1 aliphatic carbocycles. The zero-order valence-corrected chi connectivity index (χ0v) is 16.7. The number of rotatable bonds is 7. The quantitative estimate of drug-likeness (QED) is 0.484. The van der Waals surface area contributed by atoms with Gasteiger partial charge in [-0.2, -0.15) is 5.10 Å². The number of nitrogens with one attached hydrogen (secondary N) is 1. The van der Waals surface area contributed by atoms with Gasteiger partial charge in [-0.15, -0.1) is 0 Å². The molecule has 3 aromatic rings. The van der Waals surface area contributed by atoms with Crippen LogP contribution in [0.4, 0.5) is 0 Å². The molecule has 152 valence electrons. The molecule has 0 saturated heterocycles. The van der Waals surface area contributed by atoms with Crippen molar-refractivity contribution in [2.45, 2.75) is 25.8 Å². The predicted molar refractivity (Wildman–Crippen MR) is 115 cm³/mol. The minimum atomic E-state index is -0.566. The fourth-order valence-electron chi connectivity index (χ4n) is 3.00. The van der Waals surface area contributed by atoms with Crippen LogP contribution in [0.15, 0.2) is 66.9 Å². The molecule has 1 heterocycles. The number of benzene rings is 2. The average Bonchev–Trinajstić information content (AvgIpc) is 3.47. The summed E-state index contributed by atoms with van der Waals surface area (Å²) in [5, 5.41) is 7.51. The summed E-state index contributed by atoms with van der Waals surface area (Å²) in [6, 6.07) is 18.1. The van der Waals surface area contributed by atoms with Crippen LogP contribution in [0.5, 0.6) is 0 Å². The highest BCUT2D eigenvalue weighted by Crippen LogP contribution is 2.25. The second-order valence-electron chi connectivity index (χ2n) is 7.36. The summed E-state index contributed by atoms with van der Waals surface area (Å²) in [7, 11) is 0. The number of nitrogens with zero attached hydrogens (tertiary/aromatic N) is 2. The number of carbonyl (C=O) groups is 2. The number of ether oxygens (including phenoxy) is 1. The molecule has 2 aromatic carbocycles. The van der Waals surface area contributed by atoms with Crippen LogP contribution in [0, 0.1) is 6.92 Å². The number of aromatic nitrogens is 2. The van der Waals surface area contributed by atoms with E-state index in [1.165, 1.54) is 6.08 Å². The number of hydrogen-bond acceptors (Lipinski definition) is 4. The van der Waals surface area contributed by atoms with Crippen LogP contribution in [0.25, 0.3) is 23.0 Å². The first-order valence-corrected chi connectivity index (χ1v) is 9.95. The third kappa shape index (κ3) is 5.03. The number of carbonyl (C=O) groups excluding carboxylic acids is 2. The second kappa shape index (κ2) is 8.78. The Morgan fingerprint density at radius 1 is 1.13 bits per heavy atom. The van der Waals surface area contributed by atoms with Crippen LogP contribution in [-0.4, -0.2) is 34.3 Å². The van der Waals surface area contributed by atoms with E-state index in [0.717, 1.165) is 40.9 Å². The SMILES string of the molecule is Cc1ccc(-c2nn(-c3ccccc3)cc2/C=C/C(=O)OCC(=O)NC2CC2)cc1. The van der Waals surface area contributed by atoms with Crippen molar-refractivity contribution in [2.24, 2.45) is 0 Å². The fourth-order valence-corrected chi connectivity index (χ4v) is 3.00. The summed E-state index contributed by atoms with van der Waals surface area (Å²) in [5.41, 5.74) is 4.57. The van der Waals surface area contributed by atoms with Crippen LogP contribution in [-0.2, 0) is 14.3 Å². The van der Waals surface area contributed by atoms with Gasteiger partial charge in [0.1, 0.15) is 0 Å². The smallest absolute Gasteiger partial charge is 0.331 e. The molecule has 1 aliphatic rings. The monoisotopic (exact) mass is 401 g/mol. The molecule has 1 amide bonds. The second-order valence-corrected chi connectivity index (χ2v) is 7.36. The first-order valence-electron chi connectivity index (χ1n) is 9.95. The van der Waals surface area contributed by atoms with E-state index in [1.54, 1.807) is 10.8 Å². The Morgan fingerprint density at radius 3 is 2.57 bits per heavy atom. The first kappa shape index (κ1) is 19.6. The van der Waals surface area contributed by atoms with Crippen LogP contribution >= 0.6 is 0 Å². The molecule has 1 N–H and O–H groups in total. The van der Waals surface area contributed by atoms with Gasteiger partial charge in [-0.3, -0.25) is 4.79 Å². The Balaban J connectivity index is 1.53. The van der Waals surface area contributed by atoms with Gasteiger partial charge in [-0.1, -0.05) is 48.0 Å². The molecule has 30 heavy (non-hydrogen) atoms. The summed E-state index contributed by atoms with van der Waals surface area (Å²) >= 11 is 0. The van der Waals surface area contributed by atoms with Gasteiger partial charge in [-0.25, -0.2) is 9.48 Å². The number of hydrogen-bond donors (Lipinski definition) is 1. The molecule has 1 saturated carbocycles. The molecular weight excluding hydrogens is 378 g/mol. The van der Waals surface area contributed by atoms with E-state index in [4.69, 9.17) is 9.84 Å².